The Kier molecular flexibility index (Phi) is 5.08. The van der Waals surface area contributed by atoms with Crippen LogP contribution in [0.2, 0.25) is 0 Å². The van der Waals surface area contributed by atoms with Crippen molar-refractivity contribution in [3.05, 3.63) is 59.8 Å². The van der Waals surface area contributed by atoms with Gasteiger partial charge in [0.1, 0.15) is 11.6 Å². The minimum Gasteiger partial charge on any atom is -0.469 e. The molecule has 0 spiro atoms. The van der Waals surface area contributed by atoms with Gasteiger partial charge in [0.05, 0.1) is 6.26 Å². The summed E-state index contributed by atoms with van der Waals surface area (Å²) >= 11 is 0. The molecule has 1 aromatic carbocycles. The summed E-state index contributed by atoms with van der Waals surface area (Å²) < 4.78 is 18.3. The first-order valence-corrected chi connectivity index (χ1v) is 8.23. The number of hydrogen-bond acceptors (Lipinski definition) is 3. The predicted octanol–water partition coefficient (Wildman–Crippen LogP) is 3.79. The first kappa shape index (κ1) is 16.4. The lowest BCUT2D eigenvalue weighted by molar-refractivity contribution is -0.130. The third kappa shape index (κ3) is 3.91. The molecule has 1 atom stereocenters. The van der Waals surface area contributed by atoms with Gasteiger partial charge in [0.15, 0.2) is 5.78 Å². The number of likely N-dealkylation sites (tertiary alicyclic amines) is 1. The van der Waals surface area contributed by atoms with Gasteiger partial charge in [0.2, 0.25) is 5.91 Å². The van der Waals surface area contributed by atoms with Crippen LogP contribution >= 0.6 is 0 Å². The monoisotopic (exact) mass is 329 g/mol. The van der Waals surface area contributed by atoms with Crippen LogP contribution in [0.1, 0.15) is 47.7 Å². The van der Waals surface area contributed by atoms with E-state index in [0.717, 1.165) is 18.7 Å². The van der Waals surface area contributed by atoms with E-state index in [1.807, 2.05) is 17.0 Å². The number of rotatable bonds is 6. The molecular formula is C19H20FNO3. The van der Waals surface area contributed by atoms with E-state index in [-0.39, 0.29) is 23.4 Å². The highest BCUT2D eigenvalue weighted by atomic mass is 19.1. The number of amides is 1. The van der Waals surface area contributed by atoms with Gasteiger partial charge < -0.3 is 9.32 Å². The maximum Gasteiger partial charge on any atom is 0.222 e. The van der Waals surface area contributed by atoms with Crippen LogP contribution < -0.4 is 0 Å². The molecule has 1 aliphatic heterocycles. The van der Waals surface area contributed by atoms with Crippen molar-refractivity contribution in [1.82, 2.24) is 4.90 Å². The van der Waals surface area contributed by atoms with Crippen LogP contribution in [0.3, 0.4) is 0 Å². The van der Waals surface area contributed by atoms with Gasteiger partial charge in [0.25, 0.3) is 0 Å². The zero-order valence-corrected chi connectivity index (χ0v) is 13.4. The lowest BCUT2D eigenvalue weighted by Crippen LogP contribution is -2.28. The second-order valence-electron chi connectivity index (χ2n) is 6.12. The Bertz CT molecular complexity index is 694. The largest absolute Gasteiger partial charge is 0.469 e. The Hall–Kier alpha value is -2.43. The average Bonchev–Trinajstić information content (AvgIpc) is 3.26. The van der Waals surface area contributed by atoms with Crippen LogP contribution in [-0.4, -0.2) is 29.7 Å². The van der Waals surface area contributed by atoms with E-state index < -0.39 is 0 Å². The molecule has 5 heteroatoms. The molecular weight excluding hydrogens is 309 g/mol. The topological polar surface area (TPSA) is 50.5 Å². The van der Waals surface area contributed by atoms with Crippen molar-refractivity contribution >= 4 is 11.7 Å². The summed E-state index contributed by atoms with van der Waals surface area (Å²) in [6, 6.07) is 9.32. The van der Waals surface area contributed by atoms with Crippen molar-refractivity contribution in [3.63, 3.8) is 0 Å². The van der Waals surface area contributed by atoms with Crippen molar-refractivity contribution in [2.45, 2.75) is 31.6 Å². The highest BCUT2D eigenvalue weighted by Gasteiger charge is 2.28. The standard InChI is InChI=1S/C19H20FNO3/c20-16-8-6-14(7-9-16)17(22)3-1-5-19(23)21-11-10-15(13-21)18-4-2-12-24-18/h2,4,6-9,12,15H,1,3,5,10-11,13H2. The molecule has 1 fully saturated rings. The molecule has 1 aliphatic rings. The lowest BCUT2D eigenvalue weighted by Gasteiger charge is -2.16. The number of ketones is 1. The van der Waals surface area contributed by atoms with Gasteiger partial charge in [-0.2, -0.15) is 0 Å². The van der Waals surface area contributed by atoms with Gasteiger partial charge in [-0.1, -0.05) is 0 Å². The van der Waals surface area contributed by atoms with E-state index in [1.54, 1.807) is 6.26 Å². The van der Waals surface area contributed by atoms with Gasteiger partial charge in [-0.05, 0) is 49.2 Å². The maximum atomic E-state index is 12.8. The van der Waals surface area contributed by atoms with Crippen LogP contribution in [0, 0.1) is 5.82 Å². The average molecular weight is 329 g/mol. The predicted molar refractivity (Wildman–Crippen MR) is 87.2 cm³/mol. The Morgan fingerprint density at radius 3 is 2.67 bits per heavy atom. The molecule has 1 amide bonds. The van der Waals surface area contributed by atoms with E-state index in [9.17, 15) is 14.0 Å². The first-order valence-electron chi connectivity index (χ1n) is 8.23. The Balaban J connectivity index is 1.43. The minimum absolute atomic E-state index is 0.0577. The number of carbonyl (C=O) groups excluding carboxylic acids is 2. The molecule has 126 valence electrons. The Labute approximate surface area is 140 Å². The van der Waals surface area contributed by atoms with Crippen LogP contribution in [0.4, 0.5) is 4.39 Å². The van der Waals surface area contributed by atoms with Crippen LogP contribution in [0.15, 0.2) is 47.1 Å². The van der Waals surface area contributed by atoms with Crippen molar-refractivity contribution in [1.29, 1.82) is 0 Å². The quantitative estimate of drug-likeness (QED) is 0.758. The first-order chi connectivity index (χ1) is 11.6. The summed E-state index contributed by atoms with van der Waals surface area (Å²) in [7, 11) is 0. The molecule has 0 radical (unpaired) electrons. The third-order valence-electron chi connectivity index (χ3n) is 4.45. The van der Waals surface area contributed by atoms with E-state index >= 15 is 0 Å². The molecule has 1 aromatic heterocycles. The third-order valence-corrected chi connectivity index (χ3v) is 4.45. The molecule has 2 heterocycles. The number of halogens is 1. The summed E-state index contributed by atoms with van der Waals surface area (Å²) in [5.74, 6) is 0.858. The number of furan rings is 1. The van der Waals surface area contributed by atoms with Crippen LogP contribution in [-0.2, 0) is 4.79 Å². The minimum atomic E-state index is -0.359. The summed E-state index contributed by atoms with van der Waals surface area (Å²) in [6.45, 7) is 1.41. The van der Waals surface area contributed by atoms with E-state index in [1.165, 1.54) is 24.3 Å². The van der Waals surface area contributed by atoms with E-state index in [4.69, 9.17) is 4.42 Å². The Morgan fingerprint density at radius 2 is 1.96 bits per heavy atom. The summed E-state index contributed by atoms with van der Waals surface area (Å²) in [4.78, 5) is 26.1. The number of benzene rings is 1. The highest BCUT2D eigenvalue weighted by Crippen LogP contribution is 2.27. The molecule has 0 bridgehead atoms. The summed E-state index contributed by atoms with van der Waals surface area (Å²) in [6.07, 6.45) is 3.73. The second kappa shape index (κ2) is 7.43. The second-order valence-corrected chi connectivity index (χ2v) is 6.12. The molecule has 0 N–H and O–H groups in total. The number of nitrogens with zero attached hydrogens (tertiary/aromatic N) is 1. The van der Waals surface area contributed by atoms with Crippen LogP contribution in [0.5, 0.6) is 0 Å². The van der Waals surface area contributed by atoms with E-state index in [0.29, 0.717) is 31.4 Å². The zero-order chi connectivity index (χ0) is 16.9. The van der Waals surface area contributed by atoms with Gasteiger partial charge in [0, 0.05) is 37.4 Å². The molecule has 1 saturated heterocycles. The number of carbonyl (C=O) groups is 2. The number of Topliss-reactive ketones (excluding diaryl/α,β-unsaturated/α-hetero) is 1. The van der Waals surface area contributed by atoms with Crippen molar-refractivity contribution in [2.24, 2.45) is 0 Å². The van der Waals surface area contributed by atoms with Crippen LogP contribution in [0.25, 0.3) is 0 Å². The van der Waals surface area contributed by atoms with Gasteiger partial charge >= 0.3 is 0 Å². The Morgan fingerprint density at radius 1 is 1.17 bits per heavy atom. The molecule has 24 heavy (non-hydrogen) atoms. The van der Waals surface area contributed by atoms with Gasteiger partial charge in [-0.25, -0.2) is 4.39 Å². The molecule has 0 saturated carbocycles. The fourth-order valence-electron chi connectivity index (χ4n) is 3.08. The fraction of sp³-hybridized carbons (Fsp3) is 0.368. The normalized spacial score (nSPS) is 17.2. The van der Waals surface area contributed by atoms with Crippen molar-refractivity contribution in [3.8, 4) is 0 Å². The molecule has 4 nitrogen and oxygen atoms in total. The van der Waals surface area contributed by atoms with Gasteiger partial charge in [-0.15, -0.1) is 0 Å². The molecule has 0 aliphatic carbocycles. The number of hydrogen-bond donors (Lipinski definition) is 0. The van der Waals surface area contributed by atoms with Crippen molar-refractivity contribution in [2.75, 3.05) is 13.1 Å². The maximum absolute atomic E-state index is 12.8. The molecule has 1 unspecified atom stereocenters. The lowest BCUT2D eigenvalue weighted by atomic mass is 10.1. The molecule has 2 aromatic rings. The summed E-state index contributed by atoms with van der Waals surface area (Å²) in [5, 5.41) is 0. The SMILES string of the molecule is O=C(CCCC(=O)N1CCC(c2ccco2)C1)c1ccc(F)cc1. The fourth-order valence-corrected chi connectivity index (χ4v) is 3.08. The smallest absolute Gasteiger partial charge is 0.222 e. The zero-order valence-electron chi connectivity index (χ0n) is 13.4. The van der Waals surface area contributed by atoms with E-state index in [2.05, 4.69) is 0 Å². The molecule has 3 rings (SSSR count). The van der Waals surface area contributed by atoms with Gasteiger partial charge in [-0.3, -0.25) is 9.59 Å². The van der Waals surface area contributed by atoms with Crippen molar-refractivity contribution < 1.29 is 18.4 Å². The summed E-state index contributed by atoms with van der Waals surface area (Å²) in [5.41, 5.74) is 0.489. The highest BCUT2D eigenvalue weighted by molar-refractivity contribution is 5.96.